The molecule has 0 bridgehead atoms. The molecule has 2 rings (SSSR count). The van der Waals surface area contributed by atoms with Gasteiger partial charge in [0.05, 0.1) is 11.1 Å². The predicted molar refractivity (Wildman–Crippen MR) is 98.9 cm³/mol. The molecule has 0 aliphatic heterocycles. The van der Waals surface area contributed by atoms with E-state index in [9.17, 15) is 32.3 Å². The zero-order chi connectivity index (χ0) is 22.3. The number of aromatic hydroxyl groups is 1. The third kappa shape index (κ3) is 6.20. The summed E-state index contributed by atoms with van der Waals surface area (Å²) in [4.78, 5) is 24.2. The second kappa shape index (κ2) is 10.1. The molecule has 1 N–H and O–H groups in total. The van der Waals surface area contributed by atoms with Crippen molar-refractivity contribution in [1.82, 2.24) is 0 Å². The van der Waals surface area contributed by atoms with Crippen LogP contribution in [0, 0.1) is 5.82 Å². The molecule has 0 aliphatic carbocycles. The molecule has 0 unspecified atom stereocenters. The van der Waals surface area contributed by atoms with E-state index in [0.717, 1.165) is 18.2 Å². The summed E-state index contributed by atoms with van der Waals surface area (Å²) < 4.78 is 63.4. The van der Waals surface area contributed by atoms with Gasteiger partial charge in [-0.15, -0.1) is 0 Å². The van der Waals surface area contributed by atoms with Gasteiger partial charge < -0.3 is 14.6 Å². The Bertz CT molecular complexity index is 878. The molecule has 0 saturated heterocycles. The number of benzene rings is 2. The smallest absolute Gasteiger partial charge is 0.425 e. The molecule has 0 spiro atoms. The van der Waals surface area contributed by atoms with Gasteiger partial charge >= 0.3 is 18.1 Å². The van der Waals surface area contributed by atoms with Crippen molar-refractivity contribution in [3.63, 3.8) is 0 Å². The zero-order valence-corrected chi connectivity index (χ0v) is 16.0. The van der Waals surface area contributed by atoms with Crippen molar-refractivity contribution in [3.05, 3.63) is 59.4 Å². The molecule has 0 fully saturated rings. The van der Waals surface area contributed by atoms with Crippen LogP contribution in [0.25, 0.3) is 0 Å². The molecule has 0 radical (unpaired) electrons. The third-order valence-corrected chi connectivity index (χ3v) is 4.17. The number of carbonyl (C=O) groups excluding carboxylic acids is 2. The molecular formula is C21H20F4O5. The Hall–Kier alpha value is -3.10. The Morgan fingerprint density at radius 3 is 2.30 bits per heavy atom. The minimum atomic E-state index is -4.79. The van der Waals surface area contributed by atoms with Crippen LogP contribution in [-0.2, 0) is 4.74 Å². The Morgan fingerprint density at radius 2 is 1.70 bits per heavy atom. The van der Waals surface area contributed by atoms with Crippen LogP contribution in [0.1, 0.15) is 53.3 Å². The summed E-state index contributed by atoms with van der Waals surface area (Å²) in [6, 6.07) is 8.05. The van der Waals surface area contributed by atoms with E-state index in [1.165, 1.54) is 24.3 Å². The molecule has 1 atom stereocenters. The second-order valence-corrected chi connectivity index (χ2v) is 6.49. The van der Waals surface area contributed by atoms with Crippen LogP contribution < -0.4 is 4.74 Å². The van der Waals surface area contributed by atoms with Crippen molar-refractivity contribution in [2.75, 3.05) is 0 Å². The number of ether oxygens (including phenoxy) is 2. The molecule has 9 heteroatoms. The first kappa shape index (κ1) is 23.2. The molecule has 2 aromatic rings. The Balaban J connectivity index is 2.16. The van der Waals surface area contributed by atoms with Crippen molar-refractivity contribution in [3.8, 4) is 11.5 Å². The number of alkyl halides is 3. The lowest BCUT2D eigenvalue weighted by Gasteiger charge is -2.21. The number of carbonyl (C=O) groups is 2. The van der Waals surface area contributed by atoms with Gasteiger partial charge in [-0.25, -0.2) is 14.0 Å². The van der Waals surface area contributed by atoms with Crippen molar-refractivity contribution < 1.29 is 41.7 Å². The number of phenols is 1. The van der Waals surface area contributed by atoms with E-state index < -0.39 is 47.8 Å². The maximum atomic E-state index is 14.6. The standard InChI is InChI=1S/C21H20F4O5/c1-2-3-4-8-17(21(23,24)25)30-20(28)15-6-5-7-16(18(15)22)29-19(27)13-9-11-14(26)12-10-13/h5-7,9-12,17,26H,2-4,8H2,1H3/t17-/m1/s1. The highest BCUT2D eigenvalue weighted by atomic mass is 19.4. The maximum Gasteiger partial charge on any atom is 0.425 e. The van der Waals surface area contributed by atoms with Gasteiger partial charge in [0.1, 0.15) is 5.75 Å². The largest absolute Gasteiger partial charge is 0.508 e. The number of hydrogen-bond donors (Lipinski definition) is 1. The van der Waals surface area contributed by atoms with E-state index in [4.69, 9.17) is 4.74 Å². The van der Waals surface area contributed by atoms with Crippen LogP contribution >= 0.6 is 0 Å². The molecule has 0 amide bonds. The van der Waals surface area contributed by atoms with Gasteiger partial charge in [0.2, 0.25) is 0 Å². The van der Waals surface area contributed by atoms with E-state index in [0.29, 0.717) is 12.8 Å². The summed E-state index contributed by atoms with van der Waals surface area (Å²) in [5.74, 6) is -4.54. The van der Waals surface area contributed by atoms with Gasteiger partial charge in [0.25, 0.3) is 0 Å². The number of halogens is 4. The summed E-state index contributed by atoms with van der Waals surface area (Å²) in [5.41, 5.74) is -0.788. The van der Waals surface area contributed by atoms with Gasteiger partial charge in [-0.2, -0.15) is 13.2 Å². The first-order chi connectivity index (χ1) is 14.1. The molecule has 2 aromatic carbocycles. The lowest BCUT2D eigenvalue weighted by atomic mass is 10.1. The van der Waals surface area contributed by atoms with Crippen LogP contribution in [-0.4, -0.2) is 29.3 Å². The fourth-order valence-corrected chi connectivity index (χ4v) is 2.57. The zero-order valence-electron chi connectivity index (χ0n) is 16.0. The molecule has 30 heavy (non-hydrogen) atoms. The number of phenolic OH excluding ortho intramolecular Hbond substituents is 1. The minimum Gasteiger partial charge on any atom is -0.508 e. The fourth-order valence-electron chi connectivity index (χ4n) is 2.57. The van der Waals surface area contributed by atoms with Crippen molar-refractivity contribution in [2.45, 2.75) is 44.9 Å². The van der Waals surface area contributed by atoms with E-state index in [-0.39, 0.29) is 17.7 Å². The molecule has 0 aromatic heterocycles. The quantitative estimate of drug-likeness (QED) is 0.263. The Labute approximate surface area is 170 Å². The van der Waals surface area contributed by atoms with Crippen LogP contribution in [0.4, 0.5) is 17.6 Å². The molecule has 0 aliphatic rings. The normalized spacial score (nSPS) is 12.3. The van der Waals surface area contributed by atoms with Gasteiger partial charge in [0, 0.05) is 0 Å². The fraction of sp³-hybridized carbons (Fsp3) is 0.333. The minimum absolute atomic E-state index is 0.00626. The number of hydrogen-bond acceptors (Lipinski definition) is 5. The van der Waals surface area contributed by atoms with Crippen LogP contribution in [0.3, 0.4) is 0 Å². The molecule has 5 nitrogen and oxygen atoms in total. The van der Waals surface area contributed by atoms with Crippen LogP contribution in [0.15, 0.2) is 42.5 Å². The van der Waals surface area contributed by atoms with E-state index in [2.05, 4.69) is 4.74 Å². The van der Waals surface area contributed by atoms with Crippen molar-refractivity contribution >= 4 is 11.9 Å². The number of esters is 2. The lowest BCUT2D eigenvalue weighted by molar-refractivity contribution is -0.206. The monoisotopic (exact) mass is 428 g/mol. The average molecular weight is 428 g/mol. The van der Waals surface area contributed by atoms with E-state index in [1.807, 2.05) is 6.92 Å². The first-order valence-corrected chi connectivity index (χ1v) is 9.21. The highest BCUT2D eigenvalue weighted by Gasteiger charge is 2.42. The summed E-state index contributed by atoms with van der Waals surface area (Å²) in [5, 5.41) is 9.22. The number of rotatable bonds is 8. The summed E-state index contributed by atoms with van der Waals surface area (Å²) in [6.07, 6.45) is -6.17. The van der Waals surface area contributed by atoms with Gasteiger partial charge in [-0.1, -0.05) is 25.8 Å². The third-order valence-electron chi connectivity index (χ3n) is 4.17. The number of unbranched alkanes of at least 4 members (excludes halogenated alkanes) is 2. The summed E-state index contributed by atoms with van der Waals surface area (Å²) in [7, 11) is 0. The van der Waals surface area contributed by atoms with Gasteiger partial charge in [-0.05, 0) is 49.2 Å². The highest BCUT2D eigenvalue weighted by molar-refractivity contribution is 5.93. The SMILES string of the molecule is CCCCC[C@@H](OC(=O)c1cccc(OC(=O)c2ccc(O)cc2)c1F)C(F)(F)F. The van der Waals surface area contributed by atoms with Crippen molar-refractivity contribution in [1.29, 1.82) is 0 Å². The predicted octanol–water partition coefficient (Wildman–Crippen LogP) is 5.42. The second-order valence-electron chi connectivity index (χ2n) is 6.49. The molecular weight excluding hydrogens is 408 g/mol. The van der Waals surface area contributed by atoms with Crippen LogP contribution in [0.5, 0.6) is 11.5 Å². The molecule has 162 valence electrons. The average Bonchev–Trinajstić information content (AvgIpc) is 2.68. The van der Waals surface area contributed by atoms with Crippen LogP contribution in [0.2, 0.25) is 0 Å². The molecule has 0 saturated carbocycles. The summed E-state index contributed by atoms with van der Waals surface area (Å²) in [6.45, 7) is 1.81. The van der Waals surface area contributed by atoms with Crippen molar-refractivity contribution in [2.24, 2.45) is 0 Å². The van der Waals surface area contributed by atoms with E-state index >= 15 is 0 Å². The first-order valence-electron chi connectivity index (χ1n) is 9.21. The van der Waals surface area contributed by atoms with E-state index in [1.54, 1.807) is 0 Å². The van der Waals surface area contributed by atoms with Gasteiger partial charge in [-0.3, -0.25) is 0 Å². The Kier molecular flexibility index (Phi) is 7.79. The highest BCUT2D eigenvalue weighted by Crippen LogP contribution is 2.29. The topological polar surface area (TPSA) is 72.8 Å². The summed E-state index contributed by atoms with van der Waals surface area (Å²) >= 11 is 0. The lowest BCUT2D eigenvalue weighted by Crippen LogP contribution is -2.34. The Morgan fingerprint density at radius 1 is 1.03 bits per heavy atom. The molecule has 0 heterocycles. The maximum absolute atomic E-state index is 14.6. The van der Waals surface area contributed by atoms with Gasteiger partial charge in [0.15, 0.2) is 17.7 Å².